The summed E-state index contributed by atoms with van der Waals surface area (Å²) in [4.78, 5) is 8.97. The van der Waals surface area contributed by atoms with E-state index in [2.05, 4.69) is 27.5 Å². The maximum absolute atomic E-state index is 5.67. The predicted octanol–water partition coefficient (Wildman–Crippen LogP) is 2.67. The summed E-state index contributed by atoms with van der Waals surface area (Å²) in [7, 11) is 1.97. The second-order valence-electron chi connectivity index (χ2n) is 4.30. The molecule has 4 nitrogen and oxygen atoms in total. The van der Waals surface area contributed by atoms with Crippen molar-refractivity contribution in [2.75, 3.05) is 0 Å². The quantitative estimate of drug-likeness (QED) is 0.796. The summed E-state index contributed by atoms with van der Waals surface area (Å²) in [6.07, 6.45) is 3.71. The van der Waals surface area contributed by atoms with Gasteiger partial charge in [0.2, 0.25) is 0 Å². The zero-order valence-corrected chi connectivity index (χ0v) is 11.4. The largest absolute Gasteiger partial charge is 0.332 e. The number of nitrogens with two attached hydrogens (primary N) is 1. The molecule has 3 aromatic rings. The van der Waals surface area contributed by atoms with Crippen molar-refractivity contribution < 1.29 is 0 Å². The Bertz CT molecular complexity index is 699. The normalized spacial score (nSPS) is 10.8. The second-order valence-corrected chi connectivity index (χ2v) is 5.16. The van der Waals surface area contributed by atoms with Gasteiger partial charge in [-0.3, -0.25) is 0 Å². The molecule has 0 aliphatic rings. The van der Waals surface area contributed by atoms with Crippen molar-refractivity contribution in [3.8, 4) is 22.1 Å². The zero-order valence-electron chi connectivity index (χ0n) is 10.6. The third-order valence-corrected chi connectivity index (χ3v) is 3.81. The molecule has 0 aliphatic heterocycles. The first-order chi connectivity index (χ1) is 9.28. The topological polar surface area (TPSA) is 56.7 Å². The van der Waals surface area contributed by atoms with Crippen LogP contribution in [-0.2, 0) is 13.6 Å². The molecular formula is C14H14N4S. The lowest BCUT2D eigenvalue weighted by Crippen LogP contribution is -1.95. The highest BCUT2D eigenvalue weighted by molar-refractivity contribution is 7.13. The highest BCUT2D eigenvalue weighted by Crippen LogP contribution is 2.27. The number of aromatic nitrogens is 3. The van der Waals surface area contributed by atoms with E-state index in [-0.39, 0.29) is 0 Å². The zero-order chi connectivity index (χ0) is 13.2. The Hall–Kier alpha value is -1.98. The average molecular weight is 270 g/mol. The van der Waals surface area contributed by atoms with Crippen LogP contribution in [0.1, 0.15) is 5.56 Å². The molecule has 0 atom stereocenters. The van der Waals surface area contributed by atoms with Crippen LogP contribution in [0.2, 0.25) is 0 Å². The second kappa shape index (κ2) is 4.95. The standard InChI is InChI=1S/C14H14N4S/c1-18-6-5-16-13(18)14-17-12(9-19-14)11-4-2-3-10(7-11)8-15/h2-7,9H,8,15H2,1H3. The van der Waals surface area contributed by atoms with Gasteiger partial charge in [0.05, 0.1) is 5.69 Å². The lowest BCUT2D eigenvalue weighted by molar-refractivity contribution is 0.923. The number of aryl methyl sites for hydroxylation is 1. The number of hydrogen-bond acceptors (Lipinski definition) is 4. The van der Waals surface area contributed by atoms with E-state index in [4.69, 9.17) is 5.73 Å². The summed E-state index contributed by atoms with van der Waals surface area (Å²) in [5.41, 5.74) is 8.85. The molecule has 0 bridgehead atoms. The van der Waals surface area contributed by atoms with Gasteiger partial charge in [-0.05, 0) is 11.6 Å². The smallest absolute Gasteiger partial charge is 0.168 e. The van der Waals surface area contributed by atoms with Crippen LogP contribution in [0, 0.1) is 0 Å². The van der Waals surface area contributed by atoms with Crippen LogP contribution in [0.5, 0.6) is 0 Å². The van der Waals surface area contributed by atoms with Crippen molar-refractivity contribution in [3.63, 3.8) is 0 Å². The summed E-state index contributed by atoms with van der Waals surface area (Å²) in [6, 6.07) is 8.17. The molecule has 0 radical (unpaired) electrons. The molecule has 19 heavy (non-hydrogen) atoms. The first kappa shape index (κ1) is 12.1. The molecule has 1 aromatic carbocycles. The van der Waals surface area contributed by atoms with Gasteiger partial charge < -0.3 is 10.3 Å². The van der Waals surface area contributed by atoms with E-state index < -0.39 is 0 Å². The Kier molecular flexibility index (Phi) is 3.15. The minimum absolute atomic E-state index is 0.546. The molecule has 0 aliphatic carbocycles. The summed E-state index contributed by atoms with van der Waals surface area (Å²) < 4.78 is 1.97. The molecule has 3 rings (SSSR count). The van der Waals surface area contributed by atoms with Gasteiger partial charge in [0.15, 0.2) is 10.8 Å². The van der Waals surface area contributed by atoms with Gasteiger partial charge in [0.25, 0.3) is 0 Å². The number of rotatable bonds is 3. The molecule has 0 saturated carbocycles. The van der Waals surface area contributed by atoms with Crippen molar-refractivity contribution in [1.29, 1.82) is 0 Å². The average Bonchev–Trinajstić information content (AvgIpc) is 3.07. The highest BCUT2D eigenvalue weighted by atomic mass is 32.1. The highest BCUT2D eigenvalue weighted by Gasteiger charge is 2.10. The molecule has 0 fully saturated rings. The van der Waals surface area contributed by atoms with E-state index in [1.54, 1.807) is 17.5 Å². The molecule has 96 valence electrons. The van der Waals surface area contributed by atoms with Crippen LogP contribution in [0.25, 0.3) is 22.1 Å². The fraction of sp³-hybridized carbons (Fsp3) is 0.143. The molecule has 2 N–H and O–H groups in total. The monoisotopic (exact) mass is 270 g/mol. The third-order valence-electron chi connectivity index (χ3n) is 2.98. The van der Waals surface area contributed by atoms with Gasteiger partial charge in [0, 0.05) is 36.9 Å². The fourth-order valence-corrected chi connectivity index (χ4v) is 2.80. The van der Waals surface area contributed by atoms with Gasteiger partial charge in [-0.15, -0.1) is 11.3 Å². The van der Waals surface area contributed by atoms with Crippen LogP contribution in [0.3, 0.4) is 0 Å². The first-order valence-electron chi connectivity index (χ1n) is 6.00. The van der Waals surface area contributed by atoms with Gasteiger partial charge in [-0.2, -0.15) is 0 Å². The third kappa shape index (κ3) is 2.30. The summed E-state index contributed by atoms with van der Waals surface area (Å²) in [5.74, 6) is 0.895. The lowest BCUT2D eigenvalue weighted by atomic mass is 10.1. The summed E-state index contributed by atoms with van der Waals surface area (Å²) >= 11 is 1.60. The van der Waals surface area contributed by atoms with Gasteiger partial charge in [-0.25, -0.2) is 9.97 Å². The molecule has 0 amide bonds. The Balaban J connectivity index is 1.99. The van der Waals surface area contributed by atoms with E-state index in [0.29, 0.717) is 6.54 Å². The fourth-order valence-electron chi connectivity index (χ4n) is 1.94. The Morgan fingerprint density at radius 2 is 2.26 bits per heavy atom. The number of thiazole rings is 1. The van der Waals surface area contributed by atoms with E-state index in [1.165, 1.54) is 0 Å². The molecule has 0 saturated heterocycles. The van der Waals surface area contributed by atoms with Crippen molar-refractivity contribution >= 4 is 11.3 Å². The minimum Gasteiger partial charge on any atom is -0.332 e. The van der Waals surface area contributed by atoms with Crippen molar-refractivity contribution in [3.05, 3.63) is 47.6 Å². The SMILES string of the molecule is Cn1ccnc1-c1nc(-c2cccc(CN)c2)cs1. The van der Waals surface area contributed by atoms with Gasteiger partial charge >= 0.3 is 0 Å². The van der Waals surface area contributed by atoms with Crippen molar-refractivity contribution in [2.45, 2.75) is 6.54 Å². The predicted molar refractivity (Wildman–Crippen MR) is 77.6 cm³/mol. The van der Waals surface area contributed by atoms with Crippen molar-refractivity contribution in [2.24, 2.45) is 12.8 Å². The van der Waals surface area contributed by atoms with Gasteiger partial charge in [-0.1, -0.05) is 18.2 Å². The number of imidazole rings is 1. The molecular weight excluding hydrogens is 256 g/mol. The molecule has 5 heteroatoms. The molecule has 0 spiro atoms. The molecule has 2 aromatic heterocycles. The minimum atomic E-state index is 0.546. The molecule has 2 heterocycles. The van der Waals surface area contributed by atoms with Crippen LogP contribution in [-0.4, -0.2) is 14.5 Å². The number of benzene rings is 1. The van der Waals surface area contributed by atoms with Crippen LogP contribution >= 0.6 is 11.3 Å². The lowest BCUT2D eigenvalue weighted by Gasteiger charge is -2.00. The van der Waals surface area contributed by atoms with Crippen molar-refractivity contribution in [1.82, 2.24) is 14.5 Å². The molecule has 0 unspecified atom stereocenters. The van der Waals surface area contributed by atoms with Gasteiger partial charge in [0.1, 0.15) is 0 Å². The maximum atomic E-state index is 5.67. The Morgan fingerprint density at radius 3 is 3.00 bits per heavy atom. The van der Waals surface area contributed by atoms with Crippen LogP contribution in [0.15, 0.2) is 42.0 Å². The Labute approximate surface area is 115 Å². The maximum Gasteiger partial charge on any atom is 0.168 e. The number of nitrogens with zero attached hydrogens (tertiary/aromatic N) is 3. The van der Waals surface area contributed by atoms with E-state index in [9.17, 15) is 0 Å². The van der Waals surface area contributed by atoms with Crippen LogP contribution < -0.4 is 5.73 Å². The number of hydrogen-bond donors (Lipinski definition) is 1. The summed E-state index contributed by atoms with van der Waals surface area (Å²) in [6.45, 7) is 0.546. The van der Waals surface area contributed by atoms with E-state index in [0.717, 1.165) is 27.7 Å². The Morgan fingerprint density at radius 1 is 1.37 bits per heavy atom. The van der Waals surface area contributed by atoms with E-state index >= 15 is 0 Å². The summed E-state index contributed by atoms with van der Waals surface area (Å²) in [5, 5.41) is 2.99. The van der Waals surface area contributed by atoms with Crippen LogP contribution in [0.4, 0.5) is 0 Å². The van der Waals surface area contributed by atoms with E-state index in [1.807, 2.05) is 29.9 Å². The first-order valence-corrected chi connectivity index (χ1v) is 6.88.